The summed E-state index contributed by atoms with van der Waals surface area (Å²) in [4.78, 5) is 0. The Kier molecular flexibility index (Phi) is 8.07. The number of ether oxygens (including phenoxy) is 2. The maximum absolute atomic E-state index is 5.71. The zero-order valence-corrected chi connectivity index (χ0v) is 12.9. The van der Waals surface area contributed by atoms with Crippen molar-refractivity contribution in [3.05, 3.63) is 23.8 Å². The molecule has 114 valence electrons. The van der Waals surface area contributed by atoms with Gasteiger partial charge in [-0.05, 0) is 64.4 Å². The molecular weight excluding hydrogens is 252 g/mol. The monoisotopic (exact) mass is 280 g/mol. The van der Waals surface area contributed by atoms with Gasteiger partial charge in [0.15, 0.2) is 11.5 Å². The van der Waals surface area contributed by atoms with Crippen LogP contribution >= 0.6 is 0 Å². The van der Waals surface area contributed by atoms with Gasteiger partial charge in [-0.3, -0.25) is 0 Å². The van der Waals surface area contributed by atoms with E-state index in [0.717, 1.165) is 37.4 Å². The van der Waals surface area contributed by atoms with Gasteiger partial charge < -0.3 is 20.5 Å². The van der Waals surface area contributed by atoms with Crippen LogP contribution in [-0.4, -0.2) is 32.3 Å². The molecule has 1 atom stereocenters. The Morgan fingerprint density at radius 1 is 1.10 bits per heavy atom. The molecule has 4 heteroatoms. The quantitative estimate of drug-likeness (QED) is 0.646. The molecule has 0 aliphatic rings. The van der Waals surface area contributed by atoms with Gasteiger partial charge in [0.2, 0.25) is 0 Å². The first-order valence-electron chi connectivity index (χ1n) is 7.52. The Hall–Kier alpha value is -1.26. The van der Waals surface area contributed by atoms with Gasteiger partial charge in [-0.1, -0.05) is 6.07 Å². The van der Waals surface area contributed by atoms with E-state index in [1.165, 1.54) is 5.56 Å². The number of nitrogens with two attached hydrogens (primary N) is 1. The zero-order chi connectivity index (χ0) is 14.8. The lowest BCUT2D eigenvalue weighted by Crippen LogP contribution is -2.25. The lowest BCUT2D eigenvalue weighted by Gasteiger charge is -2.13. The highest BCUT2D eigenvalue weighted by atomic mass is 16.5. The second-order valence-corrected chi connectivity index (χ2v) is 4.91. The van der Waals surface area contributed by atoms with Crippen molar-refractivity contribution >= 4 is 0 Å². The van der Waals surface area contributed by atoms with Crippen LogP contribution in [0.2, 0.25) is 0 Å². The van der Waals surface area contributed by atoms with Gasteiger partial charge in [0.25, 0.3) is 0 Å². The second kappa shape index (κ2) is 9.61. The van der Waals surface area contributed by atoms with Crippen LogP contribution in [-0.2, 0) is 6.42 Å². The fraction of sp³-hybridized carbons (Fsp3) is 0.625. The minimum absolute atomic E-state index is 0.262. The van der Waals surface area contributed by atoms with Gasteiger partial charge in [0.1, 0.15) is 0 Å². The standard InChI is InChI=1S/C16H28N2O2/c1-4-19-15-7-6-14(12-16(15)20-5-2)9-11-18-10-8-13(3)17/h6-7,12-13,18H,4-5,8-11,17H2,1-3H3. The van der Waals surface area contributed by atoms with E-state index in [0.29, 0.717) is 13.2 Å². The van der Waals surface area contributed by atoms with Crippen LogP contribution < -0.4 is 20.5 Å². The van der Waals surface area contributed by atoms with E-state index in [4.69, 9.17) is 15.2 Å². The third kappa shape index (κ3) is 6.26. The average Bonchev–Trinajstić information content (AvgIpc) is 2.41. The molecule has 0 heterocycles. The normalized spacial score (nSPS) is 12.2. The maximum atomic E-state index is 5.71. The molecule has 0 spiro atoms. The summed E-state index contributed by atoms with van der Waals surface area (Å²) in [6.07, 6.45) is 1.99. The second-order valence-electron chi connectivity index (χ2n) is 4.91. The van der Waals surface area contributed by atoms with Crippen LogP contribution in [0, 0.1) is 0 Å². The van der Waals surface area contributed by atoms with E-state index in [9.17, 15) is 0 Å². The summed E-state index contributed by atoms with van der Waals surface area (Å²) in [6, 6.07) is 6.42. The zero-order valence-electron chi connectivity index (χ0n) is 12.9. The van der Waals surface area contributed by atoms with Gasteiger partial charge in [0, 0.05) is 6.04 Å². The molecule has 0 radical (unpaired) electrons. The topological polar surface area (TPSA) is 56.5 Å². The van der Waals surface area contributed by atoms with Crippen molar-refractivity contribution < 1.29 is 9.47 Å². The molecule has 1 aromatic rings. The highest BCUT2D eigenvalue weighted by Gasteiger charge is 2.06. The summed E-state index contributed by atoms with van der Waals surface area (Å²) < 4.78 is 11.2. The fourth-order valence-corrected chi connectivity index (χ4v) is 1.94. The molecule has 1 unspecified atom stereocenters. The lowest BCUT2D eigenvalue weighted by atomic mass is 10.1. The molecule has 0 amide bonds. The van der Waals surface area contributed by atoms with Crippen LogP contribution in [0.3, 0.4) is 0 Å². The summed E-state index contributed by atoms with van der Waals surface area (Å²) >= 11 is 0. The Balaban J connectivity index is 2.47. The molecule has 1 aromatic carbocycles. The average molecular weight is 280 g/mol. The predicted octanol–water partition coefficient (Wildman–Crippen LogP) is 2.35. The first kappa shape index (κ1) is 16.8. The Labute approximate surface area is 122 Å². The van der Waals surface area contributed by atoms with Gasteiger partial charge in [-0.25, -0.2) is 0 Å². The molecule has 0 aliphatic carbocycles. The summed E-state index contributed by atoms with van der Waals surface area (Å²) in [5, 5.41) is 3.40. The van der Waals surface area contributed by atoms with Gasteiger partial charge in [-0.15, -0.1) is 0 Å². The number of benzene rings is 1. The summed E-state index contributed by atoms with van der Waals surface area (Å²) in [5.74, 6) is 1.66. The first-order valence-corrected chi connectivity index (χ1v) is 7.52. The molecule has 0 bridgehead atoms. The Morgan fingerprint density at radius 3 is 2.45 bits per heavy atom. The highest BCUT2D eigenvalue weighted by Crippen LogP contribution is 2.28. The van der Waals surface area contributed by atoms with Gasteiger partial charge in [0.05, 0.1) is 13.2 Å². The maximum Gasteiger partial charge on any atom is 0.161 e. The third-order valence-electron chi connectivity index (χ3n) is 2.97. The highest BCUT2D eigenvalue weighted by molar-refractivity contribution is 5.43. The van der Waals surface area contributed by atoms with Crippen molar-refractivity contribution in [1.82, 2.24) is 5.32 Å². The Bertz CT molecular complexity index is 381. The molecule has 0 aliphatic heterocycles. The lowest BCUT2D eigenvalue weighted by molar-refractivity contribution is 0.287. The molecule has 0 fully saturated rings. The van der Waals surface area contributed by atoms with Crippen LogP contribution in [0.4, 0.5) is 0 Å². The van der Waals surface area contributed by atoms with E-state index in [2.05, 4.69) is 17.4 Å². The SMILES string of the molecule is CCOc1ccc(CCNCCC(C)N)cc1OCC. The van der Waals surface area contributed by atoms with E-state index < -0.39 is 0 Å². The summed E-state index contributed by atoms with van der Waals surface area (Å²) in [6.45, 7) is 9.21. The molecule has 0 aromatic heterocycles. The van der Waals surface area contributed by atoms with Crippen LogP contribution in [0.5, 0.6) is 11.5 Å². The van der Waals surface area contributed by atoms with Crippen molar-refractivity contribution in [2.75, 3.05) is 26.3 Å². The van der Waals surface area contributed by atoms with E-state index in [1.807, 2.05) is 26.8 Å². The summed E-state index contributed by atoms with van der Waals surface area (Å²) in [5.41, 5.74) is 6.97. The van der Waals surface area contributed by atoms with E-state index in [-0.39, 0.29) is 6.04 Å². The van der Waals surface area contributed by atoms with Crippen LogP contribution in [0.25, 0.3) is 0 Å². The molecule has 20 heavy (non-hydrogen) atoms. The molecule has 0 saturated carbocycles. The number of rotatable bonds is 10. The molecule has 0 saturated heterocycles. The minimum Gasteiger partial charge on any atom is -0.490 e. The van der Waals surface area contributed by atoms with Crippen molar-refractivity contribution in [3.63, 3.8) is 0 Å². The van der Waals surface area contributed by atoms with Crippen LogP contribution in [0.1, 0.15) is 32.8 Å². The van der Waals surface area contributed by atoms with E-state index >= 15 is 0 Å². The molecular formula is C16H28N2O2. The molecule has 1 rings (SSSR count). The van der Waals surface area contributed by atoms with Crippen LogP contribution in [0.15, 0.2) is 18.2 Å². The number of hydrogen-bond donors (Lipinski definition) is 2. The first-order chi connectivity index (χ1) is 9.67. The predicted molar refractivity (Wildman–Crippen MR) is 83.6 cm³/mol. The largest absolute Gasteiger partial charge is 0.490 e. The molecule has 3 N–H and O–H groups in total. The smallest absolute Gasteiger partial charge is 0.161 e. The van der Waals surface area contributed by atoms with Crippen molar-refractivity contribution in [2.24, 2.45) is 5.73 Å². The minimum atomic E-state index is 0.262. The van der Waals surface area contributed by atoms with Crippen molar-refractivity contribution in [2.45, 2.75) is 39.7 Å². The third-order valence-corrected chi connectivity index (χ3v) is 2.97. The van der Waals surface area contributed by atoms with Crippen molar-refractivity contribution in [3.8, 4) is 11.5 Å². The van der Waals surface area contributed by atoms with E-state index in [1.54, 1.807) is 0 Å². The fourth-order valence-electron chi connectivity index (χ4n) is 1.94. The van der Waals surface area contributed by atoms with Gasteiger partial charge in [-0.2, -0.15) is 0 Å². The summed E-state index contributed by atoms with van der Waals surface area (Å²) in [7, 11) is 0. The number of nitrogens with one attached hydrogen (secondary N) is 1. The molecule has 4 nitrogen and oxygen atoms in total. The Morgan fingerprint density at radius 2 is 1.80 bits per heavy atom. The number of hydrogen-bond acceptors (Lipinski definition) is 4. The van der Waals surface area contributed by atoms with Gasteiger partial charge >= 0.3 is 0 Å². The van der Waals surface area contributed by atoms with Crippen molar-refractivity contribution in [1.29, 1.82) is 0 Å².